The summed E-state index contributed by atoms with van der Waals surface area (Å²) in [6, 6.07) is 8.35. The van der Waals surface area contributed by atoms with Crippen LogP contribution in [0.25, 0.3) is 0 Å². The first-order chi connectivity index (χ1) is 14.7. The predicted molar refractivity (Wildman–Crippen MR) is 120 cm³/mol. The van der Waals surface area contributed by atoms with Crippen molar-refractivity contribution in [3.63, 3.8) is 0 Å². The third kappa shape index (κ3) is 8.20. The standard InChI is InChI=1S/C22H37N5O3/c1-4-11-24-21(28)10-12-25-22(23-5-2)26-17-20(27-13-15-30-16-14-27)18-6-8-19(29-3)9-7-18/h6-9,20H,4-5,10-17H2,1-3H3,(H,24,28)(H2,23,25,26). The predicted octanol–water partition coefficient (Wildman–Crippen LogP) is 1.54. The Balaban J connectivity index is 2.02. The fraction of sp³-hybridized carbons (Fsp3) is 0.636. The maximum absolute atomic E-state index is 11.8. The normalized spacial score (nSPS) is 16.0. The zero-order valence-electron chi connectivity index (χ0n) is 18.6. The molecule has 1 heterocycles. The minimum atomic E-state index is 0.0598. The summed E-state index contributed by atoms with van der Waals surface area (Å²) in [6.45, 7) is 9.96. The van der Waals surface area contributed by atoms with Gasteiger partial charge in [0.05, 0.1) is 32.9 Å². The molecule has 30 heavy (non-hydrogen) atoms. The van der Waals surface area contributed by atoms with Crippen LogP contribution in [0.3, 0.4) is 0 Å². The average Bonchev–Trinajstić information content (AvgIpc) is 2.79. The van der Waals surface area contributed by atoms with Crippen molar-refractivity contribution in [2.45, 2.75) is 32.7 Å². The lowest BCUT2D eigenvalue weighted by molar-refractivity contribution is -0.120. The van der Waals surface area contributed by atoms with Gasteiger partial charge in [0.25, 0.3) is 0 Å². The van der Waals surface area contributed by atoms with E-state index in [-0.39, 0.29) is 11.9 Å². The molecule has 8 nitrogen and oxygen atoms in total. The van der Waals surface area contributed by atoms with Crippen LogP contribution in [0.5, 0.6) is 5.75 Å². The Bertz CT molecular complexity index is 645. The number of hydrogen-bond donors (Lipinski definition) is 3. The highest BCUT2D eigenvalue weighted by Gasteiger charge is 2.22. The molecule has 0 saturated carbocycles. The summed E-state index contributed by atoms with van der Waals surface area (Å²) < 4.78 is 10.8. The molecule has 0 spiro atoms. The molecule has 168 valence electrons. The maximum atomic E-state index is 11.8. The highest BCUT2D eigenvalue weighted by Crippen LogP contribution is 2.24. The molecule has 0 bridgehead atoms. The summed E-state index contributed by atoms with van der Waals surface area (Å²) in [5.41, 5.74) is 1.20. The Labute approximate surface area is 180 Å². The van der Waals surface area contributed by atoms with E-state index in [4.69, 9.17) is 14.5 Å². The molecule has 1 atom stereocenters. The van der Waals surface area contributed by atoms with Crippen molar-refractivity contribution in [3.8, 4) is 5.75 Å². The zero-order valence-corrected chi connectivity index (χ0v) is 18.6. The van der Waals surface area contributed by atoms with Crippen LogP contribution < -0.4 is 20.7 Å². The van der Waals surface area contributed by atoms with Crippen molar-refractivity contribution in [2.24, 2.45) is 4.99 Å². The lowest BCUT2D eigenvalue weighted by Crippen LogP contribution is -2.42. The lowest BCUT2D eigenvalue weighted by atomic mass is 10.0. The number of benzene rings is 1. The van der Waals surface area contributed by atoms with Crippen LogP contribution in [0.4, 0.5) is 0 Å². The van der Waals surface area contributed by atoms with Gasteiger partial charge in [0.15, 0.2) is 5.96 Å². The van der Waals surface area contributed by atoms with E-state index in [0.717, 1.165) is 57.5 Å². The molecule has 1 fully saturated rings. The molecular weight excluding hydrogens is 382 g/mol. The number of amides is 1. The summed E-state index contributed by atoms with van der Waals surface area (Å²) in [7, 11) is 1.68. The van der Waals surface area contributed by atoms with Gasteiger partial charge in [-0.05, 0) is 31.0 Å². The number of hydrogen-bond acceptors (Lipinski definition) is 5. The molecule has 0 radical (unpaired) electrons. The van der Waals surface area contributed by atoms with Crippen LogP contribution in [0.15, 0.2) is 29.3 Å². The fourth-order valence-electron chi connectivity index (χ4n) is 3.31. The molecule has 2 rings (SSSR count). The summed E-state index contributed by atoms with van der Waals surface area (Å²) >= 11 is 0. The second kappa shape index (κ2) is 13.8. The number of ether oxygens (including phenoxy) is 2. The first-order valence-corrected chi connectivity index (χ1v) is 10.9. The van der Waals surface area contributed by atoms with Crippen molar-refractivity contribution in [3.05, 3.63) is 29.8 Å². The van der Waals surface area contributed by atoms with Crippen LogP contribution in [0.2, 0.25) is 0 Å². The number of carbonyl (C=O) groups excluding carboxylic acids is 1. The maximum Gasteiger partial charge on any atom is 0.221 e. The smallest absolute Gasteiger partial charge is 0.221 e. The quantitative estimate of drug-likeness (QED) is 0.373. The van der Waals surface area contributed by atoms with E-state index >= 15 is 0 Å². The second-order valence-corrected chi connectivity index (χ2v) is 7.18. The van der Waals surface area contributed by atoms with Gasteiger partial charge in [-0.3, -0.25) is 14.7 Å². The van der Waals surface area contributed by atoms with Gasteiger partial charge in [-0.25, -0.2) is 0 Å². The molecule has 8 heteroatoms. The monoisotopic (exact) mass is 419 g/mol. The van der Waals surface area contributed by atoms with Crippen LogP contribution in [0.1, 0.15) is 38.3 Å². The van der Waals surface area contributed by atoms with Crippen LogP contribution in [-0.4, -0.2) is 76.4 Å². The van der Waals surface area contributed by atoms with Crippen LogP contribution >= 0.6 is 0 Å². The first kappa shape index (κ1) is 24.0. The second-order valence-electron chi connectivity index (χ2n) is 7.18. The number of nitrogens with one attached hydrogen (secondary N) is 3. The van der Waals surface area contributed by atoms with E-state index in [1.807, 2.05) is 26.0 Å². The van der Waals surface area contributed by atoms with Gasteiger partial charge < -0.3 is 25.4 Å². The van der Waals surface area contributed by atoms with E-state index in [2.05, 4.69) is 33.0 Å². The van der Waals surface area contributed by atoms with Crippen LogP contribution in [0, 0.1) is 0 Å². The van der Waals surface area contributed by atoms with E-state index in [1.54, 1.807) is 7.11 Å². The van der Waals surface area contributed by atoms with E-state index in [1.165, 1.54) is 5.56 Å². The van der Waals surface area contributed by atoms with Crippen molar-refractivity contribution < 1.29 is 14.3 Å². The van der Waals surface area contributed by atoms with E-state index in [0.29, 0.717) is 19.5 Å². The molecule has 1 saturated heterocycles. The van der Waals surface area contributed by atoms with Crippen molar-refractivity contribution in [1.82, 2.24) is 20.9 Å². The molecule has 1 aliphatic heterocycles. The Kier molecular flexibility index (Phi) is 11.0. The molecule has 3 N–H and O–H groups in total. The third-order valence-electron chi connectivity index (χ3n) is 4.97. The van der Waals surface area contributed by atoms with Crippen molar-refractivity contribution in [1.29, 1.82) is 0 Å². The van der Waals surface area contributed by atoms with Crippen molar-refractivity contribution >= 4 is 11.9 Å². The zero-order chi connectivity index (χ0) is 21.6. The van der Waals surface area contributed by atoms with Gasteiger partial charge in [0.2, 0.25) is 5.91 Å². The largest absolute Gasteiger partial charge is 0.497 e. The summed E-state index contributed by atoms with van der Waals surface area (Å²) in [6.07, 6.45) is 1.37. The Morgan fingerprint density at radius 3 is 2.50 bits per heavy atom. The van der Waals surface area contributed by atoms with Gasteiger partial charge in [-0.1, -0.05) is 19.1 Å². The van der Waals surface area contributed by atoms with Crippen LogP contribution in [-0.2, 0) is 9.53 Å². The minimum Gasteiger partial charge on any atom is -0.497 e. The molecule has 1 aliphatic rings. The highest BCUT2D eigenvalue weighted by molar-refractivity contribution is 5.81. The highest BCUT2D eigenvalue weighted by atomic mass is 16.5. The number of methoxy groups -OCH3 is 1. The summed E-state index contributed by atoms with van der Waals surface area (Å²) in [5.74, 6) is 1.64. The molecule has 0 aliphatic carbocycles. The van der Waals surface area contributed by atoms with Gasteiger partial charge in [-0.2, -0.15) is 0 Å². The number of rotatable bonds is 11. The van der Waals surface area contributed by atoms with E-state index < -0.39 is 0 Å². The molecule has 1 aromatic carbocycles. The summed E-state index contributed by atoms with van der Waals surface area (Å²) in [4.78, 5) is 19.0. The Morgan fingerprint density at radius 2 is 1.87 bits per heavy atom. The molecular formula is C22H37N5O3. The Hall–Kier alpha value is -2.32. The van der Waals surface area contributed by atoms with E-state index in [9.17, 15) is 4.79 Å². The fourth-order valence-corrected chi connectivity index (χ4v) is 3.31. The van der Waals surface area contributed by atoms with Crippen molar-refractivity contribution in [2.75, 3.05) is 59.6 Å². The molecule has 0 aromatic heterocycles. The number of carbonyl (C=O) groups is 1. The van der Waals surface area contributed by atoms with Gasteiger partial charge in [-0.15, -0.1) is 0 Å². The van der Waals surface area contributed by atoms with Gasteiger partial charge in [0, 0.05) is 39.1 Å². The molecule has 1 unspecified atom stereocenters. The SMILES string of the molecule is CCCNC(=O)CCNC(=NCC(c1ccc(OC)cc1)N1CCOCC1)NCC. The Morgan fingerprint density at radius 1 is 1.13 bits per heavy atom. The first-order valence-electron chi connectivity index (χ1n) is 10.9. The molecule has 1 aromatic rings. The number of nitrogens with zero attached hydrogens (tertiary/aromatic N) is 2. The third-order valence-corrected chi connectivity index (χ3v) is 4.97. The topological polar surface area (TPSA) is 87.2 Å². The average molecular weight is 420 g/mol. The number of morpholine rings is 1. The van der Waals surface area contributed by atoms with Gasteiger partial charge in [0.1, 0.15) is 5.75 Å². The summed E-state index contributed by atoms with van der Waals surface area (Å²) in [5, 5.41) is 9.44. The number of guanidine groups is 1. The minimum absolute atomic E-state index is 0.0598. The van der Waals surface area contributed by atoms with Gasteiger partial charge >= 0.3 is 0 Å². The lowest BCUT2D eigenvalue weighted by Gasteiger charge is -2.34. The molecule has 1 amide bonds. The number of aliphatic imine (C=N–C) groups is 1.